The highest BCUT2D eigenvalue weighted by atomic mass is 79.9. The molecule has 0 saturated carbocycles. The lowest BCUT2D eigenvalue weighted by molar-refractivity contribution is 0.0718. The number of aryl methyl sites for hydroxylation is 1. The molecule has 3 rings (SSSR count). The van der Waals surface area contributed by atoms with Crippen molar-refractivity contribution in [2.24, 2.45) is 0 Å². The molecule has 0 bridgehead atoms. The Morgan fingerprint density at radius 3 is 2.74 bits per heavy atom. The van der Waals surface area contributed by atoms with Crippen LogP contribution in [0.1, 0.15) is 35.3 Å². The lowest BCUT2D eigenvalue weighted by Gasteiger charge is -2.26. The van der Waals surface area contributed by atoms with Gasteiger partial charge in [-0.1, -0.05) is 6.07 Å². The number of amides is 1. The van der Waals surface area contributed by atoms with Crippen molar-refractivity contribution in [2.75, 3.05) is 18.4 Å². The van der Waals surface area contributed by atoms with E-state index < -0.39 is 0 Å². The number of hydrogen-bond acceptors (Lipinski definition) is 4. The molecular formula is C17H19BrN4O. The molecular weight excluding hydrogens is 356 g/mol. The van der Waals surface area contributed by atoms with Crippen LogP contribution in [0.2, 0.25) is 0 Å². The predicted molar refractivity (Wildman–Crippen MR) is 93.9 cm³/mol. The van der Waals surface area contributed by atoms with Crippen molar-refractivity contribution in [3.63, 3.8) is 0 Å². The fourth-order valence-corrected chi connectivity index (χ4v) is 3.23. The van der Waals surface area contributed by atoms with E-state index in [2.05, 4.69) is 31.2 Å². The number of anilines is 2. The highest BCUT2D eigenvalue weighted by molar-refractivity contribution is 9.10. The van der Waals surface area contributed by atoms with Crippen molar-refractivity contribution in [2.45, 2.75) is 26.2 Å². The zero-order valence-corrected chi connectivity index (χ0v) is 14.6. The van der Waals surface area contributed by atoms with Gasteiger partial charge in [0, 0.05) is 23.8 Å². The molecule has 5 nitrogen and oxygen atoms in total. The lowest BCUT2D eigenvalue weighted by atomic mass is 10.1. The predicted octanol–water partition coefficient (Wildman–Crippen LogP) is 3.92. The average Bonchev–Trinajstić information content (AvgIpc) is 2.58. The SMILES string of the molecule is Cc1ccc(Nc2nccc(C(=O)N3CCCCC3)n2)c(Br)c1. The third-order valence-electron chi connectivity index (χ3n) is 3.89. The van der Waals surface area contributed by atoms with E-state index in [0.717, 1.165) is 41.7 Å². The number of hydrogen-bond donors (Lipinski definition) is 1. The highest BCUT2D eigenvalue weighted by Crippen LogP contribution is 2.25. The number of carbonyl (C=O) groups is 1. The smallest absolute Gasteiger partial charge is 0.272 e. The molecule has 1 saturated heterocycles. The van der Waals surface area contributed by atoms with Crippen molar-refractivity contribution >= 4 is 33.5 Å². The zero-order chi connectivity index (χ0) is 16.2. The van der Waals surface area contributed by atoms with Crippen molar-refractivity contribution in [1.29, 1.82) is 0 Å². The van der Waals surface area contributed by atoms with Gasteiger partial charge in [-0.3, -0.25) is 4.79 Å². The number of halogens is 1. The van der Waals surface area contributed by atoms with Gasteiger partial charge in [-0.15, -0.1) is 0 Å². The molecule has 1 aliphatic heterocycles. The van der Waals surface area contributed by atoms with Crippen LogP contribution in [0.4, 0.5) is 11.6 Å². The standard InChI is InChI=1S/C17H19BrN4O/c1-12-5-6-14(13(18)11-12)20-17-19-8-7-15(21-17)16(23)22-9-3-2-4-10-22/h5-8,11H,2-4,9-10H2,1H3,(H,19,20,21). The quantitative estimate of drug-likeness (QED) is 0.884. The van der Waals surface area contributed by atoms with E-state index in [1.165, 1.54) is 6.42 Å². The van der Waals surface area contributed by atoms with Crippen LogP contribution in [0.25, 0.3) is 0 Å². The minimum atomic E-state index is -0.0156. The first kappa shape index (κ1) is 15.9. The molecule has 0 unspecified atom stereocenters. The van der Waals surface area contributed by atoms with Gasteiger partial charge in [0.05, 0.1) is 5.69 Å². The Morgan fingerprint density at radius 2 is 2.00 bits per heavy atom. The largest absolute Gasteiger partial charge is 0.337 e. The summed E-state index contributed by atoms with van der Waals surface area (Å²) in [4.78, 5) is 23.0. The van der Waals surface area contributed by atoms with E-state index in [1.807, 2.05) is 30.0 Å². The Balaban J connectivity index is 1.78. The molecule has 0 aliphatic carbocycles. The van der Waals surface area contributed by atoms with E-state index in [-0.39, 0.29) is 5.91 Å². The molecule has 1 fully saturated rings. The van der Waals surface area contributed by atoms with Crippen molar-refractivity contribution in [3.05, 3.63) is 46.2 Å². The fourth-order valence-electron chi connectivity index (χ4n) is 2.64. The number of nitrogens with one attached hydrogen (secondary N) is 1. The highest BCUT2D eigenvalue weighted by Gasteiger charge is 2.19. The summed E-state index contributed by atoms with van der Waals surface area (Å²) in [5.74, 6) is 0.413. The van der Waals surface area contributed by atoms with Crippen LogP contribution < -0.4 is 5.32 Å². The van der Waals surface area contributed by atoms with Crippen LogP contribution in [-0.2, 0) is 0 Å². The molecule has 0 spiro atoms. The van der Waals surface area contributed by atoms with Gasteiger partial charge < -0.3 is 10.2 Å². The van der Waals surface area contributed by atoms with Crippen LogP contribution in [0.3, 0.4) is 0 Å². The molecule has 1 aromatic carbocycles. The maximum Gasteiger partial charge on any atom is 0.272 e. The summed E-state index contributed by atoms with van der Waals surface area (Å²) < 4.78 is 0.939. The van der Waals surface area contributed by atoms with Gasteiger partial charge in [0.2, 0.25) is 5.95 Å². The third kappa shape index (κ3) is 3.88. The topological polar surface area (TPSA) is 58.1 Å². The van der Waals surface area contributed by atoms with Gasteiger partial charge >= 0.3 is 0 Å². The van der Waals surface area contributed by atoms with Gasteiger partial charge in [0.25, 0.3) is 5.91 Å². The minimum absolute atomic E-state index is 0.0156. The van der Waals surface area contributed by atoms with E-state index in [1.54, 1.807) is 12.3 Å². The normalized spacial score (nSPS) is 14.6. The summed E-state index contributed by atoms with van der Waals surface area (Å²) >= 11 is 3.52. The molecule has 0 radical (unpaired) electrons. The van der Waals surface area contributed by atoms with Gasteiger partial charge in [-0.25, -0.2) is 9.97 Å². The molecule has 0 atom stereocenters. The Bertz CT molecular complexity index is 713. The molecule has 1 aromatic heterocycles. The summed E-state index contributed by atoms with van der Waals surface area (Å²) in [6.45, 7) is 3.66. The van der Waals surface area contributed by atoms with Gasteiger partial charge in [0.15, 0.2) is 0 Å². The zero-order valence-electron chi connectivity index (χ0n) is 13.1. The monoisotopic (exact) mass is 374 g/mol. The second-order valence-electron chi connectivity index (χ2n) is 5.73. The third-order valence-corrected chi connectivity index (χ3v) is 4.55. The molecule has 1 aliphatic rings. The van der Waals surface area contributed by atoms with E-state index in [0.29, 0.717) is 11.6 Å². The van der Waals surface area contributed by atoms with E-state index in [4.69, 9.17) is 0 Å². The number of aromatic nitrogens is 2. The number of carbonyl (C=O) groups excluding carboxylic acids is 1. The summed E-state index contributed by atoms with van der Waals surface area (Å²) in [5, 5.41) is 3.16. The number of nitrogens with zero attached hydrogens (tertiary/aromatic N) is 3. The van der Waals surface area contributed by atoms with Crippen molar-refractivity contribution < 1.29 is 4.79 Å². The summed E-state index contributed by atoms with van der Waals surface area (Å²) in [5.41, 5.74) is 2.48. The van der Waals surface area contributed by atoms with E-state index in [9.17, 15) is 4.79 Å². The van der Waals surface area contributed by atoms with Gasteiger partial charge in [-0.05, 0) is 65.9 Å². The Hall–Kier alpha value is -1.95. The maximum absolute atomic E-state index is 12.5. The molecule has 23 heavy (non-hydrogen) atoms. The Morgan fingerprint density at radius 1 is 1.22 bits per heavy atom. The van der Waals surface area contributed by atoms with Crippen molar-refractivity contribution in [3.8, 4) is 0 Å². The van der Waals surface area contributed by atoms with Crippen LogP contribution in [-0.4, -0.2) is 33.9 Å². The summed E-state index contributed by atoms with van der Waals surface area (Å²) in [7, 11) is 0. The minimum Gasteiger partial charge on any atom is -0.337 e. The fraction of sp³-hybridized carbons (Fsp3) is 0.353. The second-order valence-corrected chi connectivity index (χ2v) is 6.58. The molecule has 2 heterocycles. The molecule has 1 amide bonds. The first-order chi connectivity index (χ1) is 11.1. The number of likely N-dealkylation sites (tertiary alicyclic amines) is 1. The average molecular weight is 375 g/mol. The van der Waals surface area contributed by atoms with E-state index >= 15 is 0 Å². The number of benzene rings is 1. The van der Waals surface area contributed by atoms with Crippen molar-refractivity contribution in [1.82, 2.24) is 14.9 Å². The first-order valence-electron chi connectivity index (χ1n) is 7.79. The van der Waals surface area contributed by atoms with Gasteiger partial charge in [-0.2, -0.15) is 0 Å². The van der Waals surface area contributed by atoms with Gasteiger partial charge in [0.1, 0.15) is 5.69 Å². The Kier molecular flexibility index (Phi) is 4.91. The second kappa shape index (κ2) is 7.08. The summed E-state index contributed by atoms with van der Waals surface area (Å²) in [6.07, 6.45) is 4.95. The van der Waals surface area contributed by atoms with Crippen LogP contribution in [0.5, 0.6) is 0 Å². The molecule has 120 valence electrons. The first-order valence-corrected chi connectivity index (χ1v) is 8.58. The van der Waals surface area contributed by atoms with Crippen LogP contribution in [0, 0.1) is 6.92 Å². The molecule has 6 heteroatoms. The lowest BCUT2D eigenvalue weighted by Crippen LogP contribution is -2.36. The Labute approximate surface area is 144 Å². The molecule has 2 aromatic rings. The molecule has 1 N–H and O–H groups in total. The van der Waals surface area contributed by atoms with Crippen LogP contribution in [0.15, 0.2) is 34.9 Å². The number of piperidine rings is 1. The summed E-state index contributed by atoms with van der Waals surface area (Å²) in [6, 6.07) is 7.66. The number of rotatable bonds is 3. The maximum atomic E-state index is 12.5. The van der Waals surface area contributed by atoms with Crippen LogP contribution >= 0.6 is 15.9 Å².